The van der Waals surface area contributed by atoms with E-state index in [2.05, 4.69) is 31.0 Å². The van der Waals surface area contributed by atoms with E-state index < -0.39 is 0 Å². The zero-order valence-corrected chi connectivity index (χ0v) is 11.9. The summed E-state index contributed by atoms with van der Waals surface area (Å²) in [4.78, 5) is 15.0. The van der Waals surface area contributed by atoms with Gasteiger partial charge in [0, 0.05) is 31.6 Å². The Kier molecular flexibility index (Phi) is 2.92. The smallest absolute Gasteiger partial charge is 0.226 e. The van der Waals surface area contributed by atoms with Crippen molar-refractivity contribution in [3.63, 3.8) is 0 Å². The molecule has 1 amide bonds. The van der Waals surface area contributed by atoms with Gasteiger partial charge in [-0.15, -0.1) is 0 Å². The highest BCUT2D eigenvalue weighted by Crippen LogP contribution is 2.45. The lowest BCUT2D eigenvalue weighted by Gasteiger charge is -2.33. The van der Waals surface area contributed by atoms with Crippen molar-refractivity contribution in [1.29, 1.82) is 0 Å². The molecular formula is C15H26N2O. The van der Waals surface area contributed by atoms with Crippen LogP contribution in [-0.2, 0) is 4.79 Å². The number of amides is 1. The maximum Gasteiger partial charge on any atom is 0.226 e. The molecule has 3 aliphatic rings. The monoisotopic (exact) mass is 250 g/mol. The van der Waals surface area contributed by atoms with E-state index in [1.165, 1.54) is 12.8 Å². The number of hydrogen-bond donors (Lipinski definition) is 1. The SMILES string of the molecule is CC1C2CNCC2CN1C(=O)C1CCCC1(C)C. The standard InChI is InChI=1S/C15H26N2O/c1-10-12-8-16-7-11(12)9-17(10)14(18)13-5-4-6-15(13,2)3/h10-13,16H,4-9H2,1-3H3. The van der Waals surface area contributed by atoms with Crippen molar-refractivity contribution < 1.29 is 4.79 Å². The minimum atomic E-state index is 0.215. The van der Waals surface area contributed by atoms with Gasteiger partial charge in [-0.1, -0.05) is 20.3 Å². The predicted molar refractivity (Wildman–Crippen MR) is 72.1 cm³/mol. The van der Waals surface area contributed by atoms with Crippen molar-refractivity contribution in [1.82, 2.24) is 10.2 Å². The summed E-state index contributed by atoms with van der Waals surface area (Å²) >= 11 is 0. The largest absolute Gasteiger partial charge is 0.339 e. The summed E-state index contributed by atoms with van der Waals surface area (Å²) in [6.45, 7) is 9.98. The van der Waals surface area contributed by atoms with Gasteiger partial charge in [0.15, 0.2) is 0 Å². The molecule has 2 aliphatic heterocycles. The van der Waals surface area contributed by atoms with E-state index in [0.29, 0.717) is 23.8 Å². The Morgan fingerprint density at radius 3 is 2.72 bits per heavy atom. The Morgan fingerprint density at radius 2 is 2.11 bits per heavy atom. The van der Waals surface area contributed by atoms with Gasteiger partial charge in [-0.3, -0.25) is 4.79 Å². The molecule has 2 heterocycles. The summed E-state index contributed by atoms with van der Waals surface area (Å²) in [5.74, 6) is 2.11. The Labute approximate surface area is 110 Å². The summed E-state index contributed by atoms with van der Waals surface area (Å²) in [5, 5.41) is 3.46. The molecule has 102 valence electrons. The molecule has 0 spiro atoms. The molecule has 3 rings (SSSR count). The van der Waals surface area contributed by atoms with Crippen LogP contribution in [0.5, 0.6) is 0 Å². The highest BCUT2D eigenvalue weighted by molar-refractivity contribution is 5.80. The number of nitrogens with zero attached hydrogens (tertiary/aromatic N) is 1. The number of carbonyl (C=O) groups excluding carboxylic acids is 1. The van der Waals surface area contributed by atoms with E-state index in [0.717, 1.165) is 26.1 Å². The maximum atomic E-state index is 12.8. The van der Waals surface area contributed by atoms with Gasteiger partial charge in [0.2, 0.25) is 5.91 Å². The van der Waals surface area contributed by atoms with Crippen molar-refractivity contribution in [2.75, 3.05) is 19.6 Å². The molecule has 3 fully saturated rings. The van der Waals surface area contributed by atoms with Crippen LogP contribution >= 0.6 is 0 Å². The Balaban J connectivity index is 1.74. The second kappa shape index (κ2) is 4.22. The summed E-state index contributed by atoms with van der Waals surface area (Å²) in [6, 6.07) is 0.439. The third kappa shape index (κ3) is 1.78. The van der Waals surface area contributed by atoms with E-state index in [1.54, 1.807) is 0 Å². The Bertz CT molecular complexity index is 352. The molecule has 0 aromatic heterocycles. The maximum absolute atomic E-state index is 12.8. The van der Waals surface area contributed by atoms with Gasteiger partial charge in [-0.05, 0) is 37.0 Å². The van der Waals surface area contributed by atoms with Crippen molar-refractivity contribution in [2.45, 2.75) is 46.1 Å². The highest BCUT2D eigenvalue weighted by Gasteiger charge is 2.48. The average Bonchev–Trinajstić information content (AvgIpc) is 2.95. The van der Waals surface area contributed by atoms with Crippen LogP contribution < -0.4 is 5.32 Å². The molecule has 0 radical (unpaired) electrons. The fourth-order valence-corrected chi connectivity index (χ4v) is 4.44. The van der Waals surface area contributed by atoms with Gasteiger partial charge in [0.05, 0.1) is 0 Å². The summed E-state index contributed by atoms with van der Waals surface area (Å²) in [5.41, 5.74) is 0.215. The number of likely N-dealkylation sites (tertiary alicyclic amines) is 1. The lowest BCUT2D eigenvalue weighted by Crippen LogP contribution is -2.44. The van der Waals surface area contributed by atoms with Gasteiger partial charge in [0.25, 0.3) is 0 Å². The third-order valence-electron chi connectivity index (χ3n) is 5.77. The first-order valence-corrected chi connectivity index (χ1v) is 7.52. The van der Waals surface area contributed by atoms with Crippen LogP contribution in [-0.4, -0.2) is 36.5 Å². The van der Waals surface area contributed by atoms with E-state index in [9.17, 15) is 4.79 Å². The van der Waals surface area contributed by atoms with Crippen LogP contribution in [0.15, 0.2) is 0 Å². The van der Waals surface area contributed by atoms with Gasteiger partial charge in [-0.2, -0.15) is 0 Å². The van der Waals surface area contributed by atoms with E-state index in [-0.39, 0.29) is 11.3 Å². The molecule has 0 aromatic rings. The van der Waals surface area contributed by atoms with Crippen LogP contribution in [0.3, 0.4) is 0 Å². The van der Waals surface area contributed by atoms with Gasteiger partial charge < -0.3 is 10.2 Å². The zero-order valence-electron chi connectivity index (χ0n) is 11.9. The molecule has 4 unspecified atom stereocenters. The number of rotatable bonds is 1. The van der Waals surface area contributed by atoms with Gasteiger partial charge in [-0.25, -0.2) is 0 Å². The minimum Gasteiger partial charge on any atom is -0.339 e. The Hall–Kier alpha value is -0.570. The van der Waals surface area contributed by atoms with E-state index in [1.807, 2.05) is 0 Å². The molecule has 18 heavy (non-hydrogen) atoms. The van der Waals surface area contributed by atoms with Crippen molar-refractivity contribution in [2.24, 2.45) is 23.2 Å². The molecule has 1 N–H and O–H groups in total. The molecule has 3 heteroatoms. The molecule has 0 bridgehead atoms. The first-order valence-electron chi connectivity index (χ1n) is 7.52. The molecule has 1 aliphatic carbocycles. The fourth-order valence-electron chi connectivity index (χ4n) is 4.44. The van der Waals surface area contributed by atoms with Crippen molar-refractivity contribution >= 4 is 5.91 Å². The lowest BCUT2D eigenvalue weighted by molar-refractivity contribution is -0.139. The summed E-state index contributed by atoms with van der Waals surface area (Å²) in [6.07, 6.45) is 3.53. The van der Waals surface area contributed by atoms with Gasteiger partial charge >= 0.3 is 0 Å². The molecular weight excluding hydrogens is 224 g/mol. The molecule has 4 atom stereocenters. The van der Waals surface area contributed by atoms with Gasteiger partial charge in [0.1, 0.15) is 0 Å². The molecule has 0 aromatic carbocycles. The van der Waals surface area contributed by atoms with Crippen LogP contribution in [0, 0.1) is 23.2 Å². The predicted octanol–water partition coefficient (Wildman–Crippen LogP) is 1.88. The molecule has 1 saturated carbocycles. The fraction of sp³-hybridized carbons (Fsp3) is 0.933. The van der Waals surface area contributed by atoms with Crippen LogP contribution in [0.25, 0.3) is 0 Å². The number of carbonyl (C=O) groups is 1. The zero-order chi connectivity index (χ0) is 12.9. The summed E-state index contributed by atoms with van der Waals surface area (Å²) in [7, 11) is 0. The quantitative estimate of drug-likeness (QED) is 0.770. The minimum absolute atomic E-state index is 0.215. The highest BCUT2D eigenvalue weighted by atomic mass is 16.2. The second-order valence-electron chi connectivity index (χ2n) is 7.25. The lowest BCUT2D eigenvalue weighted by atomic mass is 9.81. The third-order valence-corrected chi connectivity index (χ3v) is 5.77. The van der Waals surface area contributed by atoms with Crippen LogP contribution in [0.4, 0.5) is 0 Å². The normalized spacial score (nSPS) is 42.3. The van der Waals surface area contributed by atoms with Crippen LogP contribution in [0.2, 0.25) is 0 Å². The van der Waals surface area contributed by atoms with Crippen LogP contribution in [0.1, 0.15) is 40.0 Å². The summed E-state index contributed by atoms with van der Waals surface area (Å²) < 4.78 is 0. The second-order valence-corrected chi connectivity index (χ2v) is 7.25. The molecule has 2 saturated heterocycles. The number of nitrogens with one attached hydrogen (secondary N) is 1. The van der Waals surface area contributed by atoms with E-state index in [4.69, 9.17) is 0 Å². The topological polar surface area (TPSA) is 32.3 Å². The first kappa shape index (κ1) is 12.5. The number of fused-ring (bicyclic) bond motifs is 1. The van der Waals surface area contributed by atoms with Crippen molar-refractivity contribution in [3.05, 3.63) is 0 Å². The Morgan fingerprint density at radius 1 is 1.33 bits per heavy atom. The number of hydrogen-bond acceptors (Lipinski definition) is 2. The first-order chi connectivity index (χ1) is 8.50. The molecule has 3 nitrogen and oxygen atoms in total. The van der Waals surface area contributed by atoms with Crippen molar-refractivity contribution in [3.8, 4) is 0 Å². The van der Waals surface area contributed by atoms with E-state index >= 15 is 0 Å². The average molecular weight is 250 g/mol.